The molecule has 28 nitrogen and oxygen atoms in total. The summed E-state index contributed by atoms with van der Waals surface area (Å²) in [5.41, 5.74) is 4.23. The van der Waals surface area contributed by atoms with Crippen molar-refractivity contribution in [3.05, 3.63) is 189 Å². The van der Waals surface area contributed by atoms with Crippen molar-refractivity contribution in [3.8, 4) is 23.7 Å². The highest BCUT2D eigenvalue weighted by atomic mass is 19.4. The number of piperazine rings is 2. The number of hydrogen-bond donors (Lipinski definition) is 6. The number of amides is 6. The van der Waals surface area contributed by atoms with Crippen LogP contribution >= 0.6 is 0 Å². The fraction of sp³-hybridized carbons (Fsp3) is 0.471. The van der Waals surface area contributed by atoms with Gasteiger partial charge in [-0.3, -0.25) is 38.6 Å². The zero-order chi connectivity index (χ0) is 85.6. The van der Waals surface area contributed by atoms with E-state index in [1.54, 1.807) is 94.5 Å². The maximum Gasteiger partial charge on any atom is 0.416 e. The van der Waals surface area contributed by atoms with Crippen LogP contribution in [0.3, 0.4) is 0 Å². The first kappa shape index (κ1) is 92.5. The van der Waals surface area contributed by atoms with Crippen LogP contribution in [0.25, 0.3) is 11.3 Å². The highest BCUT2D eigenvalue weighted by molar-refractivity contribution is 6.05. The van der Waals surface area contributed by atoms with Gasteiger partial charge in [-0.1, -0.05) is 36.1 Å². The SMILES string of the molecule is Cc1ccc(C(=O)Nc2ccc(CN3CCN(CCC(=O)NCCCOCCOCCOCCCNC(=O)CCCC(=O)NCCCOCCOCCOCCCNC(=O)CCN4CCN(Cc5ccc(NC(=O)c6ccc(C)c(C#Cc7cnc8cccnn78)c6)cc5C(F)(F)F)CC4)CC3)c(C(F)(F)F)c2)cc1C#Cc1cnc2cccnn12. The highest BCUT2D eigenvalue weighted by Gasteiger charge is 2.36. The van der Waals surface area contributed by atoms with Gasteiger partial charge in [-0.25, -0.2) is 19.0 Å². The van der Waals surface area contributed by atoms with Gasteiger partial charge in [-0.2, -0.15) is 36.5 Å². The number of benzene rings is 4. The molecule has 0 saturated carbocycles. The molecule has 0 spiro atoms. The number of alkyl halides is 6. The zero-order valence-electron chi connectivity index (χ0n) is 68.3. The van der Waals surface area contributed by atoms with Gasteiger partial charge in [-0.15, -0.1) is 0 Å². The molecule has 2 saturated heterocycles. The normalized spacial score (nSPS) is 13.6. The van der Waals surface area contributed by atoms with Crippen molar-refractivity contribution < 1.29 is 83.5 Å². The zero-order valence-corrected chi connectivity index (χ0v) is 68.3. The largest absolute Gasteiger partial charge is 0.416 e. The second-order valence-electron chi connectivity index (χ2n) is 29.2. The number of aryl methyl sites for hydroxylation is 2. The standard InChI is InChI=1S/C87H106F6N16O12/c1-64-14-16-68(56-66(64)20-24-74-60-98-78-10-4-32-100-108(74)78)84(114)102-72-22-18-70(76(58-72)86(88,89)90)62-106-40-36-104(37-41-106)34-26-82(112)96-30-8-46-118-50-54-120-52-48-116-44-6-28-94-80(110)12-3-13-81(111)95-29-7-45-117-49-53-121-55-51-119-47-9-31-97-83(113)27-35-105-38-42-107(43-39-105)63-71-19-23-73(59-77(71)87(91,92)93)103-85(115)69-17-15-65(2)67(57-69)21-25-75-61-99-79-11-5-33-101-109(75)79/h4-5,10-11,14-19,22-23,32-33,56-61H,3,6-9,12-13,26-31,34-55,62-63H2,1-2H3,(H,94,110)(H,95,111)(H,96,112)(H,97,113)(H,102,114)(H,103,115). The lowest BCUT2D eigenvalue weighted by atomic mass is 10.0. The smallest absolute Gasteiger partial charge is 0.379 e. The molecule has 2 fully saturated rings. The molecule has 121 heavy (non-hydrogen) atoms. The van der Waals surface area contributed by atoms with Crippen LogP contribution in [0.1, 0.15) is 134 Å². The van der Waals surface area contributed by atoms with Crippen LogP contribution in [0.5, 0.6) is 0 Å². The minimum absolute atomic E-state index is 0.0168. The molecule has 0 aliphatic carbocycles. The van der Waals surface area contributed by atoms with E-state index in [2.05, 4.69) is 85.5 Å². The van der Waals surface area contributed by atoms with Crippen LogP contribution in [0, 0.1) is 37.5 Å². The van der Waals surface area contributed by atoms with Crippen LogP contribution in [-0.4, -0.2) is 255 Å². The predicted octanol–water partition coefficient (Wildman–Crippen LogP) is 8.74. The second-order valence-corrected chi connectivity index (χ2v) is 29.2. The molecule has 2 aliphatic heterocycles. The van der Waals surface area contributed by atoms with Crippen molar-refractivity contribution in [2.75, 3.05) is 182 Å². The molecule has 6 N–H and O–H groups in total. The number of ether oxygens (including phenoxy) is 6. The molecule has 10 rings (SSSR count). The number of anilines is 2. The average molecular weight is 1680 g/mol. The van der Waals surface area contributed by atoms with Gasteiger partial charge in [0.15, 0.2) is 11.3 Å². The number of rotatable bonds is 46. The number of hydrogen-bond acceptors (Lipinski definition) is 20. The van der Waals surface area contributed by atoms with Gasteiger partial charge in [0, 0.05) is 203 Å². The van der Waals surface area contributed by atoms with Gasteiger partial charge in [-0.05, 0) is 153 Å². The Kier molecular flexibility index (Phi) is 37.2. The molecule has 8 aromatic rings. The van der Waals surface area contributed by atoms with Crippen LogP contribution < -0.4 is 31.9 Å². The summed E-state index contributed by atoms with van der Waals surface area (Å²) >= 11 is 0. The predicted molar refractivity (Wildman–Crippen MR) is 441 cm³/mol. The molecule has 0 atom stereocenters. The van der Waals surface area contributed by atoms with E-state index in [0.717, 1.165) is 23.3 Å². The summed E-state index contributed by atoms with van der Waals surface area (Å²) in [5, 5.41) is 25.3. The van der Waals surface area contributed by atoms with Crippen LogP contribution in [0.4, 0.5) is 37.7 Å². The van der Waals surface area contributed by atoms with Gasteiger partial charge >= 0.3 is 12.4 Å². The molecule has 6 heterocycles. The maximum atomic E-state index is 14.5. The van der Waals surface area contributed by atoms with Crippen molar-refractivity contribution in [1.29, 1.82) is 0 Å². The Labute approximate surface area is 699 Å². The van der Waals surface area contributed by atoms with Gasteiger partial charge in [0.2, 0.25) is 23.6 Å². The molecular formula is C87H106F6N16O12. The molecule has 6 amide bonds. The molecule has 2 aliphatic rings. The van der Waals surface area contributed by atoms with E-state index in [9.17, 15) is 55.1 Å². The Hall–Kier alpha value is -10.8. The Morgan fingerprint density at radius 2 is 0.736 bits per heavy atom. The lowest BCUT2D eigenvalue weighted by Gasteiger charge is -2.35. The van der Waals surface area contributed by atoms with Gasteiger partial charge in [0.1, 0.15) is 11.4 Å². The number of fused-ring (bicyclic) bond motifs is 2. The topological polar surface area (TPSA) is 303 Å². The Balaban J connectivity index is 0.446. The molecule has 4 aromatic carbocycles. The lowest BCUT2D eigenvalue weighted by molar-refractivity contribution is -0.139. The second kappa shape index (κ2) is 48.6. The third-order valence-corrected chi connectivity index (χ3v) is 20.0. The number of nitrogens with one attached hydrogen (secondary N) is 6. The van der Waals surface area contributed by atoms with E-state index >= 15 is 0 Å². The summed E-state index contributed by atoms with van der Waals surface area (Å²) in [5.74, 6) is 10.6. The van der Waals surface area contributed by atoms with Crippen molar-refractivity contribution in [2.24, 2.45) is 0 Å². The van der Waals surface area contributed by atoms with Gasteiger partial charge in [0.05, 0.1) is 76.4 Å². The maximum absolute atomic E-state index is 14.5. The fourth-order valence-corrected chi connectivity index (χ4v) is 13.2. The van der Waals surface area contributed by atoms with Crippen molar-refractivity contribution >= 4 is 58.1 Å². The van der Waals surface area contributed by atoms with Crippen molar-refractivity contribution in [1.82, 2.24) is 70.1 Å². The summed E-state index contributed by atoms with van der Waals surface area (Å²) < 4.78 is 124. The Morgan fingerprint density at radius 1 is 0.397 bits per heavy atom. The van der Waals surface area contributed by atoms with Crippen LogP contribution in [-0.2, 0) is 73.0 Å². The Morgan fingerprint density at radius 3 is 1.09 bits per heavy atom. The van der Waals surface area contributed by atoms with Crippen LogP contribution in [0.15, 0.2) is 122 Å². The van der Waals surface area contributed by atoms with E-state index in [1.165, 1.54) is 24.3 Å². The summed E-state index contributed by atoms with van der Waals surface area (Å²) in [4.78, 5) is 93.2. The highest BCUT2D eigenvalue weighted by Crippen LogP contribution is 2.37. The van der Waals surface area contributed by atoms with E-state index < -0.39 is 35.3 Å². The number of imidazole rings is 2. The number of carbonyl (C=O) groups excluding carboxylic acids is 6. The third kappa shape index (κ3) is 31.6. The first-order valence-corrected chi connectivity index (χ1v) is 40.9. The molecule has 0 unspecified atom stereocenters. The summed E-state index contributed by atoms with van der Waals surface area (Å²) in [7, 11) is 0. The monoisotopic (exact) mass is 1680 g/mol. The van der Waals surface area contributed by atoms with Crippen LogP contribution in [0.2, 0.25) is 0 Å². The first-order valence-electron chi connectivity index (χ1n) is 40.9. The minimum atomic E-state index is -4.66. The third-order valence-electron chi connectivity index (χ3n) is 20.0. The lowest BCUT2D eigenvalue weighted by Crippen LogP contribution is -2.47. The number of halogens is 6. The fourth-order valence-electron chi connectivity index (χ4n) is 13.2. The van der Waals surface area contributed by atoms with Crippen molar-refractivity contribution in [3.63, 3.8) is 0 Å². The number of nitrogens with zero attached hydrogens (tertiary/aromatic N) is 10. The molecule has 4 aromatic heterocycles. The Bertz CT molecular complexity index is 4540. The summed E-state index contributed by atoms with van der Waals surface area (Å²) in [6.07, 6.45) is 1.08. The van der Waals surface area contributed by atoms with E-state index in [1.807, 2.05) is 23.6 Å². The quantitative estimate of drug-likeness (QED) is 0.0118. The first-order chi connectivity index (χ1) is 58.6. The average Bonchev–Trinajstić information content (AvgIpc) is 1.82. The number of carbonyl (C=O) groups is 6. The summed E-state index contributed by atoms with van der Waals surface area (Å²) in [6, 6.07) is 24.7. The molecular weight excluding hydrogens is 1580 g/mol. The van der Waals surface area contributed by atoms with Gasteiger partial charge in [0.25, 0.3) is 11.8 Å². The van der Waals surface area contributed by atoms with Gasteiger partial charge < -0.3 is 70.1 Å². The summed E-state index contributed by atoms with van der Waals surface area (Å²) in [6.45, 7) is 16.0. The van der Waals surface area contributed by atoms with Crippen molar-refractivity contribution in [2.45, 2.75) is 97.1 Å². The number of aromatic nitrogens is 6. The molecule has 648 valence electrons. The van der Waals surface area contributed by atoms with E-state index in [0.29, 0.717) is 237 Å². The molecule has 0 radical (unpaired) electrons. The van der Waals surface area contributed by atoms with E-state index in [-0.39, 0.29) is 96.0 Å². The molecule has 34 heteroatoms. The minimum Gasteiger partial charge on any atom is -0.379 e. The van der Waals surface area contributed by atoms with E-state index in [4.69, 9.17) is 28.4 Å². The molecule has 0 bridgehead atoms.